The van der Waals surface area contributed by atoms with Crippen LogP contribution in [0, 0.1) is 18.6 Å². The van der Waals surface area contributed by atoms with Crippen LogP contribution in [0.1, 0.15) is 5.56 Å². The van der Waals surface area contributed by atoms with Crippen LogP contribution in [-0.4, -0.2) is 8.42 Å². The van der Waals surface area contributed by atoms with Gasteiger partial charge in [0.25, 0.3) is 10.0 Å². The molecule has 3 nitrogen and oxygen atoms in total. The molecule has 20 heavy (non-hydrogen) atoms. The van der Waals surface area contributed by atoms with E-state index in [-0.39, 0.29) is 20.6 Å². The molecular weight excluding hydrogens is 352 g/mol. The molecule has 0 saturated carbocycles. The van der Waals surface area contributed by atoms with Crippen LogP contribution in [0.5, 0.6) is 0 Å². The molecule has 2 rings (SSSR count). The minimum absolute atomic E-state index is 0.0963. The Morgan fingerprint density at radius 2 is 1.85 bits per heavy atom. The van der Waals surface area contributed by atoms with Crippen LogP contribution >= 0.6 is 15.9 Å². The van der Waals surface area contributed by atoms with E-state index in [1.54, 1.807) is 0 Å². The molecule has 0 unspecified atom stereocenters. The average molecular weight is 362 g/mol. The third kappa shape index (κ3) is 2.99. The van der Waals surface area contributed by atoms with Crippen molar-refractivity contribution in [3.8, 4) is 0 Å². The third-order valence-corrected chi connectivity index (χ3v) is 5.04. The van der Waals surface area contributed by atoms with Gasteiger partial charge >= 0.3 is 0 Å². The number of rotatable bonds is 3. The van der Waals surface area contributed by atoms with Gasteiger partial charge in [-0.25, -0.2) is 17.2 Å². The van der Waals surface area contributed by atoms with Gasteiger partial charge in [-0.2, -0.15) is 0 Å². The monoisotopic (exact) mass is 361 g/mol. The fourth-order valence-electron chi connectivity index (χ4n) is 1.61. The minimum atomic E-state index is -3.93. The largest absolute Gasteiger partial charge is 0.279 e. The predicted octanol–water partition coefficient (Wildman–Crippen LogP) is 3.84. The summed E-state index contributed by atoms with van der Waals surface area (Å²) in [6.07, 6.45) is 0. The van der Waals surface area contributed by atoms with Crippen molar-refractivity contribution < 1.29 is 17.2 Å². The molecule has 0 radical (unpaired) electrons. The summed E-state index contributed by atoms with van der Waals surface area (Å²) in [5, 5.41) is 0. The van der Waals surface area contributed by atoms with Crippen molar-refractivity contribution >= 4 is 31.6 Å². The van der Waals surface area contributed by atoms with Crippen molar-refractivity contribution in [2.45, 2.75) is 11.8 Å². The maximum absolute atomic E-state index is 13.4. The lowest BCUT2D eigenvalue weighted by molar-refractivity contribution is 0.598. The number of halogens is 3. The molecule has 0 saturated heterocycles. The van der Waals surface area contributed by atoms with Crippen LogP contribution < -0.4 is 4.72 Å². The first-order valence-electron chi connectivity index (χ1n) is 5.54. The molecule has 0 bridgehead atoms. The van der Waals surface area contributed by atoms with E-state index in [1.807, 2.05) is 0 Å². The molecular formula is C13H10BrF2NO2S. The van der Waals surface area contributed by atoms with E-state index >= 15 is 0 Å². The maximum atomic E-state index is 13.4. The lowest BCUT2D eigenvalue weighted by Crippen LogP contribution is -2.14. The maximum Gasteiger partial charge on any atom is 0.263 e. The topological polar surface area (TPSA) is 46.2 Å². The summed E-state index contributed by atoms with van der Waals surface area (Å²) in [5.74, 6) is -1.07. The second-order valence-corrected chi connectivity index (χ2v) is 6.60. The normalized spacial score (nSPS) is 11.4. The van der Waals surface area contributed by atoms with Gasteiger partial charge in [0.05, 0.1) is 5.69 Å². The van der Waals surface area contributed by atoms with Gasteiger partial charge in [0.1, 0.15) is 16.5 Å². The standard InChI is InChI=1S/C13H10BrF2NO2S/c1-8-11(16)3-2-4-12(8)17-20(18,19)13-6-5-9(15)7-10(13)14/h2-7,17H,1H3. The number of benzene rings is 2. The van der Waals surface area contributed by atoms with E-state index in [4.69, 9.17) is 0 Å². The minimum Gasteiger partial charge on any atom is -0.279 e. The van der Waals surface area contributed by atoms with E-state index in [2.05, 4.69) is 20.7 Å². The SMILES string of the molecule is Cc1c(F)cccc1NS(=O)(=O)c1ccc(F)cc1Br. The van der Waals surface area contributed by atoms with Crippen LogP contribution in [0.25, 0.3) is 0 Å². The zero-order valence-electron chi connectivity index (χ0n) is 10.3. The molecule has 0 aliphatic heterocycles. The summed E-state index contributed by atoms with van der Waals surface area (Å²) < 4.78 is 53.2. The predicted molar refractivity (Wildman–Crippen MR) is 76.0 cm³/mol. The molecule has 1 N–H and O–H groups in total. The highest BCUT2D eigenvalue weighted by Gasteiger charge is 2.19. The van der Waals surface area contributed by atoms with Gasteiger partial charge < -0.3 is 0 Å². The number of anilines is 1. The lowest BCUT2D eigenvalue weighted by Gasteiger charge is -2.12. The van der Waals surface area contributed by atoms with Crippen molar-refractivity contribution in [2.24, 2.45) is 0 Å². The van der Waals surface area contributed by atoms with Crippen LogP contribution in [0.2, 0.25) is 0 Å². The molecule has 106 valence electrons. The van der Waals surface area contributed by atoms with Gasteiger partial charge in [-0.15, -0.1) is 0 Å². The zero-order chi connectivity index (χ0) is 14.9. The molecule has 2 aromatic carbocycles. The fourth-order valence-corrected chi connectivity index (χ4v) is 3.78. The molecule has 0 atom stereocenters. The van der Waals surface area contributed by atoms with E-state index in [1.165, 1.54) is 25.1 Å². The summed E-state index contributed by atoms with van der Waals surface area (Å²) >= 11 is 3.00. The number of hydrogen-bond donors (Lipinski definition) is 1. The molecule has 0 spiro atoms. The zero-order valence-corrected chi connectivity index (χ0v) is 12.7. The van der Waals surface area contributed by atoms with Crippen molar-refractivity contribution in [1.29, 1.82) is 0 Å². The first-order chi connectivity index (χ1) is 9.31. The molecule has 2 aromatic rings. The van der Waals surface area contributed by atoms with E-state index in [0.29, 0.717) is 0 Å². The first kappa shape index (κ1) is 14.9. The highest BCUT2D eigenvalue weighted by molar-refractivity contribution is 9.10. The quantitative estimate of drug-likeness (QED) is 0.902. The second-order valence-electron chi connectivity index (χ2n) is 4.09. The summed E-state index contributed by atoms with van der Waals surface area (Å²) in [7, 11) is -3.93. The van der Waals surface area contributed by atoms with Gasteiger partial charge in [0, 0.05) is 10.0 Å². The Kier molecular flexibility index (Phi) is 4.10. The molecule has 0 amide bonds. The Labute approximate surface area is 123 Å². The molecule has 0 aromatic heterocycles. The van der Waals surface area contributed by atoms with Gasteiger partial charge in [-0.1, -0.05) is 6.07 Å². The van der Waals surface area contributed by atoms with E-state index < -0.39 is 21.7 Å². The second kappa shape index (κ2) is 5.49. The van der Waals surface area contributed by atoms with Crippen LogP contribution in [-0.2, 0) is 10.0 Å². The summed E-state index contributed by atoms with van der Waals surface area (Å²) in [6.45, 7) is 1.47. The Balaban J connectivity index is 2.44. The van der Waals surface area contributed by atoms with E-state index in [9.17, 15) is 17.2 Å². The average Bonchev–Trinajstić information content (AvgIpc) is 2.34. The number of nitrogens with one attached hydrogen (secondary N) is 1. The van der Waals surface area contributed by atoms with Gasteiger partial charge in [0.2, 0.25) is 0 Å². The smallest absolute Gasteiger partial charge is 0.263 e. The van der Waals surface area contributed by atoms with Gasteiger partial charge in [0.15, 0.2) is 0 Å². The molecule has 0 heterocycles. The Morgan fingerprint density at radius 3 is 2.50 bits per heavy atom. The lowest BCUT2D eigenvalue weighted by atomic mass is 10.2. The van der Waals surface area contributed by atoms with E-state index in [0.717, 1.165) is 18.2 Å². The molecule has 0 fully saturated rings. The van der Waals surface area contributed by atoms with Crippen molar-refractivity contribution in [2.75, 3.05) is 4.72 Å². The first-order valence-corrected chi connectivity index (χ1v) is 7.82. The summed E-state index contributed by atoms with van der Waals surface area (Å²) in [5.41, 5.74) is 0.329. The van der Waals surface area contributed by atoms with Gasteiger partial charge in [-0.3, -0.25) is 4.72 Å². The van der Waals surface area contributed by atoms with Crippen LogP contribution in [0.15, 0.2) is 45.8 Å². The fraction of sp³-hybridized carbons (Fsp3) is 0.0769. The molecule has 7 heteroatoms. The summed E-state index contributed by atoms with van der Waals surface area (Å²) in [6, 6.07) is 7.31. The third-order valence-electron chi connectivity index (χ3n) is 2.70. The number of hydrogen-bond acceptors (Lipinski definition) is 2. The highest BCUT2D eigenvalue weighted by Crippen LogP contribution is 2.26. The Hall–Kier alpha value is -1.47. The molecule has 0 aliphatic rings. The van der Waals surface area contributed by atoms with Crippen molar-refractivity contribution in [1.82, 2.24) is 0 Å². The Bertz CT molecular complexity index is 763. The number of sulfonamides is 1. The van der Waals surface area contributed by atoms with Crippen molar-refractivity contribution in [3.05, 3.63) is 58.1 Å². The Morgan fingerprint density at radius 1 is 1.15 bits per heavy atom. The van der Waals surface area contributed by atoms with Gasteiger partial charge in [-0.05, 0) is 53.2 Å². The van der Waals surface area contributed by atoms with Crippen molar-refractivity contribution in [3.63, 3.8) is 0 Å². The van der Waals surface area contributed by atoms with Crippen LogP contribution in [0.3, 0.4) is 0 Å². The molecule has 0 aliphatic carbocycles. The van der Waals surface area contributed by atoms with Crippen LogP contribution in [0.4, 0.5) is 14.5 Å². The summed E-state index contributed by atoms with van der Waals surface area (Å²) in [4.78, 5) is -0.123. The highest BCUT2D eigenvalue weighted by atomic mass is 79.9.